The van der Waals surface area contributed by atoms with Gasteiger partial charge in [-0.25, -0.2) is 4.57 Å². The zero-order chi connectivity index (χ0) is 22.3. The van der Waals surface area contributed by atoms with E-state index in [1.807, 2.05) is 0 Å². The Morgan fingerprint density at radius 2 is 1.87 bits per heavy atom. The van der Waals surface area contributed by atoms with Crippen LogP contribution >= 0.6 is 19.4 Å². The van der Waals surface area contributed by atoms with Gasteiger partial charge in [0.1, 0.15) is 17.5 Å². The minimum absolute atomic E-state index is 0.213. The Morgan fingerprint density at radius 3 is 2.47 bits per heavy atom. The molecule has 3 N–H and O–H groups in total. The van der Waals surface area contributed by atoms with Crippen LogP contribution in [-0.4, -0.2) is 33.2 Å². The number of Topliss-reactive ketones (excluding diaryl/α,β-unsaturated/α-hetero) is 1. The number of fused-ring (bicyclic) bond motifs is 1. The summed E-state index contributed by atoms with van der Waals surface area (Å²) in [6.45, 7) is 4.57. The van der Waals surface area contributed by atoms with Crippen molar-refractivity contribution in [2.45, 2.75) is 38.5 Å². The van der Waals surface area contributed by atoms with Gasteiger partial charge in [-0.3, -0.25) is 14.1 Å². The average molecular weight is 454 g/mol. The quantitative estimate of drug-likeness (QED) is 0.466. The van der Waals surface area contributed by atoms with Gasteiger partial charge in [0, 0.05) is 21.7 Å². The largest absolute Gasteiger partial charge is 0.485 e. The fourth-order valence-corrected chi connectivity index (χ4v) is 4.21. The van der Waals surface area contributed by atoms with E-state index in [0.29, 0.717) is 21.9 Å². The first-order chi connectivity index (χ1) is 13.9. The molecule has 1 amide bonds. The van der Waals surface area contributed by atoms with Crippen LogP contribution in [0.1, 0.15) is 53.1 Å². The van der Waals surface area contributed by atoms with Crippen molar-refractivity contribution < 1.29 is 33.2 Å². The van der Waals surface area contributed by atoms with Crippen LogP contribution in [0.4, 0.5) is 0 Å². The molecule has 0 bridgehead atoms. The number of halogens is 1. The van der Waals surface area contributed by atoms with E-state index in [1.54, 1.807) is 44.2 Å². The molecular weight excluding hydrogens is 433 g/mol. The first-order valence-electron chi connectivity index (χ1n) is 9.02. The third-order valence-corrected chi connectivity index (χ3v) is 5.47. The zero-order valence-electron chi connectivity index (χ0n) is 16.5. The van der Waals surface area contributed by atoms with Gasteiger partial charge in [0.05, 0.1) is 6.04 Å². The van der Waals surface area contributed by atoms with Crippen molar-refractivity contribution in [3.05, 3.63) is 64.2 Å². The molecule has 2 aromatic rings. The van der Waals surface area contributed by atoms with Crippen LogP contribution < -0.4 is 10.1 Å². The Hall–Kier alpha value is -2.22. The molecular formula is C20H21ClNO7P. The Bertz CT molecular complexity index is 1050. The highest BCUT2D eigenvalue weighted by Gasteiger charge is 2.48. The van der Waals surface area contributed by atoms with E-state index < -0.39 is 31.5 Å². The Labute approximate surface area is 178 Å². The van der Waals surface area contributed by atoms with E-state index in [4.69, 9.17) is 20.9 Å². The van der Waals surface area contributed by atoms with Crippen molar-refractivity contribution >= 4 is 31.1 Å². The lowest BCUT2D eigenvalue weighted by Crippen LogP contribution is -2.54. The molecule has 0 saturated heterocycles. The second kappa shape index (κ2) is 8.13. The van der Waals surface area contributed by atoms with E-state index in [1.165, 1.54) is 19.1 Å². The van der Waals surface area contributed by atoms with Gasteiger partial charge < -0.3 is 19.8 Å². The summed E-state index contributed by atoms with van der Waals surface area (Å²) in [6.07, 6.45) is -1.25. The lowest BCUT2D eigenvalue weighted by molar-refractivity contribution is -0.0597. The number of ketones is 1. The molecule has 30 heavy (non-hydrogen) atoms. The van der Waals surface area contributed by atoms with E-state index in [0.717, 1.165) is 0 Å². The first-order valence-corrected chi connectivity index (χ1v) is 10.9. The van der Waals surface area contributed by atoms with Crippen molar-refractivity contribution in [2.75, 3.05) is 0 Å². The normalized spacial score (nSPS) is 20.1. The number of benzene rings is 2. The summed E-state index contributed by atoms with van der Waals surface area (Å²) in [5.41, 5.74) is -0.228. The molecule has 0 aliphatic carbocycles. The SMILES string of the molecule is CC(=O)c1ccc2c(c1)[C@H](NC(=O)c1cccc(Cl)c1)[C@H](OP(=O)(O)O)C(C)(C)O2. The number of carbonyl (C=O) groups excluding carboxylic acids is 2. The summed E-state index contributed by atoms with van der Waals surface area (Å²) in [6, 6.07) is 9.91. The standard InChI is InChI=1S/C20H21ClNO7P/c1-11(23)12-7-8-16-15(10-12)17(18(20(2,3)28-16)29-30(25,26)27)22-19(24)13-5-4-6-14(21)9-13/h4-10,17-18H,1-3H3,(H,22,24)(H2,25,26,27)/t17-,18-/m0/s1. The number of phosphoric acid groups is 1. The molecule has 1 heterocycles. The number of amides is 1. The molecule has 2 atom stereocenters. The lowest BCUT2D eigenvalue weighted by Gasteiger charge is -2.44. The second-order valence-electron chi connectivity index (χ2n) is 7.49. The molecule has 0 fully saturated rings. The zero-order valence-corrected chi connectivity index (χ0v) is 18.1. The van der Waals surface area contributed by atoms with Gasteiger partial charge in [0.25, 0.3) is 5.91 Å². The lowest BCUT2D eigenvalue weighted by atomic mass is 9.85. The van der Waals surface area contributed by atoms with Gasteiger partial charge in [-0.15, -0.1) is 0 Å². The van der Waals surface area contributed by atoms with Crippen molar-refractivity contribution in [2.24, 2.45) is 0 Å². The summed E-state index contributed by atoms with van der Waals surface area (Å²) in [7, 11) is -4.94. The summed E-state index contributed by atoms with van der Waals surface area (Å²) in [5, 5.41) is 3.11. The number of phosphoric ester groups is 1. The van der Waals surface area contributed by atoms with Crippen molar-refractivity contribution in [1.82, 2.24) is 5.32 Å². The van der Waals surface area contributed by atoms with Crippen LogP contribution in [0, 0.1) is 0 Å². The topological polar surface area (TPSA) is 122 Å². The number of hydrogen-bond acceptors (Lipinski definition) is 5. The van der Waals surface area contributed by atoms with Crippen LogP contribution in [0.15, 0.2) is 42.5 Å². The molecule has 10 heteroatoms. The van der Waals surface area contributed by atoms with E-state index >= 15 is 0 Å². The van der Waals surface area contributed by atoms with Crippen LogP contribution in [0.2, 0.25) is 5.02 Å². The van der Waals surface area contributed by atoms with Crippen molar-refractivity contribution in [3.8, 4) is 5.75 Å². The number of nitrogens with one attached hydrogen (secondary N) is 1. The summed E-state index contributed by atoms with van der Waals surface area (Å²) >= 11 is 5.96. The molecule has 2 aromatic carbocycles. The predicted octanol–water partition coefficient (Wildman–Crippen LogP) is 3.66. The van der Waals surface area contributed by atoms with E-state index in [9.17, 15) is 23.9 Å². The smallest absolute Gasteiger partial charge is 0.470 e. The van der Waals surface area contributed by atoms with Gasteiger partial charge in [-0.2, -0.15) is 0 Å². The molecule has 8 nitrogen and oxygen atoms in total. The summed E-state index contributed by atoms with van der Waals surface area (Å²) in [4.78, 5) is 43.6. The number of hydrogen-bond donors (Lipinski definition) is 3. The van der Waals surface area contributed by atoms with Gasteiger partial charge >= 0.3 is 7.82 Å². The Kier molecular flexibility index (Phi) is 6.09. The fraction of sp³-hybridized carbons (Fsp3) is 0.300. The fourth-order valence-electron chi connectivity index (χ4n) is 3.35. The summed E-state index contributed by atoms with van der Waals surface area (Å²) < 4.78 is 22.6. The van der Waals surface area contributed by atoms with Gasteiger partial charge in [-0.05, 0) is 57.2 Å². The number of rotatable bonds is 5. The average Bonchev–Trinajstić information content (AvgIpc) is 2.62. The Balaban J connectivity index is 2.09. The first kappa shape index (κ1) is 22.5. The minimum Gasteiger partial charge on any atom is -0.485 e. The maximum atomic E-state index is 12.9. The Morgan fingerprint density at radius 1 is 1.17 bits per heavy atom. The molecule has 0 aromatic heterocycles. The van der Waals surface area contributed by atoms with Gasteiger partial charge in [-0.1, -0.05) is 17.7 Å². The molecule has 160 valence electrons. The van der Waals surface area contributed by atoms with Crippen molar-refractivity contribution in [3.63, 3.8) is 0 Å². The van der Waals surface area contributed by atoms with Crippen LogP contribution in [0.25, 0.3) is 0 Å². The maximum absolute atomic E-state index is 12.9. The molecule has 0 unspecified atom stereocenters. The maximum Gasteiger partial charge on any atom is 0.470 e. The number of carbonyl (C=O) groups is 2. The predicted molar refractivity (Wildman–Crippen MR) is 110 cm³/mol. The third kappa shape index (κ3) is 4.91. The third-order valence-electron chi connectivity index (χ3n) is 4.74. The highest BCUT2D eigenvalue weighted by molar-refractivity contribution is 7.46. The van der Waals surface area contributed by atoms with E-state index in [-0.39, 0.29) is 11.3 Å². The van der Waals surface area contributed by atoms with Crippen LogP contribution in [0.3, 0.4) is 0 Å². The monoisotopic (exact) mass is 453 g/mol. The van der Waals surface area contributed by atoms with Crippen LogP contribution in [-0.2, 0) is 9.09 Å². The second-order valence-corrected chi connectivity index (χ2v) is 9.12. The molecule has 0 spiro atoms. The molecule has 3 rings (SSSR count). The molecule has 1 aliphatic heterocycles. The molecule has 0 radical (unpaired) electrons. The highest BCUT2D eigenvalue weighted by atomic mass is 35.5. The summed E-state index contributed by atoms with van der Waals surface area (Å²) in [5.74, 6) is -0.374. The number of ether oxygens (including phenoxy) is 1. The van der Waals surface area contributed by atoms with Crippen molar-refractivity contribution in [1.29, 1.82) is 0 Å². The van der Waals surface area contributed by atoms with Gasteiger partial charge in [0.15, 0.2) is 5.78 Å². The molecule has 1 aliphatic rings. The minimum atomic E-state index is -4.94. The highest BCUT2D eigenvalue weighted by Crippen LogP contribution is 2.48. The van der Waals surface area contributed by atoms with Crippen LogP contribution in [0.5, 0.6) is 5.75 Å². The van der Waals surface area contributed by atoms with E-state index in [2.05, 4.69) is 5.32 Å². The van der Waals surface area contributed by atoms with Gasteiger partial charge in [0.2, 0.25) is 0 Å². The molecule has 0 saturated carbocycles.